The summed E-state index contributed by atoms with van der Waals surface area (Å²) in [6.45, 7) is 2.49. The minimum Gasteiger partial charge on any atom is -0.348 e. The van der Waals surface area contributed by atoms with Gasteiger partial charge in [0, 0.05) is 30.5 Å². The highest BCUT2D eigenvalue weighted by atomic mass is 16.2. The average molecular weight is 375 g/mol. The Morgan fingerprint density at radius 2 is 2.00 bits per heavy atom. The number of pyridine rings is 1. The molecule has 0 spiro atoms. The molecular weight excluding hydrogens is 354 g/mol. The zero-order valence-electron chi connectivity index (χ0n) is 15.6. The molecule has 1 atom stereocenters. The van der Waals surface area contributed by atoms with Gasteiger partial charge in [0.1, 0.15) is 12.5 Å². The second-order valence-electron chi connectivity index (χ2n) is 6.85. The van der Waals surface area contributed by atoms with Gasteiger partial charge in [-0.25, -0.2) is 4.98 Å². The van der Waals surface area contributed by atoms with E-state index in [4.69, 9.17) is 0 Å². The first-order chi connectivity index (χ1) is 13.6. The summed E-state index contributed by atoms with van der Waals surface area (Å²) in [5, 5.41) is 2.78. The highest BCUT2D eigenvalue weighted by Gasteiger charge is 2.35. The number of aromatic amines is 1. The molecule has 3 aromatic rings. The van der Waals surface area contributed by atoms with Gasteiger partial charge in [0.15, 0.2) is 0 Å². The maximum Gasteiger partial charge on any atom is 0.233 e. The van der Waals surface area contributed by atoms with Gasteiger partial charge in [-0.15, -0.1) is 0 Å². The Hall–Kier alpha value is -3.48. The molecule has 28 heavy (non-hydrogen) atoms. The Kier molecular flexibility index (Phi) is 4.89. The van der Waals surface area contributed by atoms with E-state index in [1.54, 1.807) is 17.4 Å². The number of aryl methyl sites for hydroxylation is 1. The van der Waals surface area contributed by atoms with Crippen molar-refractivity contribution in [2.45, 2.75) is 25.8 Å². The Morgan fingerprint density at radius 3 is 2.75 bits per heavy atom. The number of carbonyl (C=O) groups is 2. The minimum absolute atomic E-state index is 0.225. The van der Waals surface area contributed by atoms with Crippen LogP contribution < -0.4 is 5.32 Å². The molecule has 142 valence electrons. The monoisotopic (exact) mass is 375 g/mol. The molecule has 0 unspecified atom stereocenters. The quantitative estimate of drug-likeness (QED) is 0.686. The second-order valence-corrected chi connectivity index (χ2v) is 6.85. The molecule has 2 aromatic heterocycles. The van der Waals surface area contributed by atoms with Crippen LogP contribution in [0.5, 0.6) is 0 Å². The number of aromatic nitrogens is 3. The lowest BCUT2D eigenvalue weighted by atomic mass is 9.98. The molecule has 1 aromatic carbocycles. The van der Waals surface area contributed by atoms with E-state index >= 15 is 0 Å². The molecule has 0 bridgehead atoms. The standard InChI is InChI=1S/C21H21N5O2/c1-14-5-7-15(8-6-14)25-18(27)12-19(28)26-11-9-16-20(24-13-23-16)21(26)17-4-2-3-10-22-17/h2-8,10,13,21H,9,11-12H2,1H3,(H,23,24)(H,25,27)/t21-/m0/s1. The molecule has 2 amide bonds. The normalized spacial score (nSPS) is 15.8. The fraction of sp³-hybridized carbons (Fsp3) is 0.238. The van der Waals surface area contributed by atoms with Crippen LogP contribution in [0.4, 0.5) is 5.69 Å². The molecule has 7 heteroatoms. The number of nitrogens with zero attached hydrogens (tertiary/aromatic N) is 3. The van der Waals surface area contributed by atoms with Crippen molar-refractivity contribution < 1.29 is 9.59 Å². The van der Waals surface area contributed by atoms with E-state index < -0.39 is 6.04 Å². The zero-order chi connectivity index (χ0) is 19.5. The van der Waals surface area contributed by atoms with E-state index in [0.29, 0.717) is 18.7 Å². The van der Waals surface area contributed by atoms with Crippen molar-refractivity contribution in [3.8, 4) is 0 Å². The summed E-state index contributed by atoms with van der Waals surface area (Å²) in [5.74, 6) is -0.574. The molecule has 4 rings (SSSR count). The largest absolute Gasteiger partial charge is 0.348 e. The van der Waals surface area contributed by atoms with Crippen LogP contribution in [0.3, 0.4) is 0 Å². The third-order valence-corrected chi connectivity index (χ3v) is 4.86. The Morgan fingerprint density at radius 1 is 1.18 bits per heavy atom. The van der Waals surface area contributed by atoms with Gasteiger partial charge >= 0.3 is 0 Å². The summed E-state index contributed by atoms with van der Waals surface area (Å²) in [5.41, 5.74) is 4.32. The van der Waals surface area contributed by atoms with Gasteiger partial charge in [-0.05, 0) is 31.2 Å². The molecular formula is C21H21N5O2. The van der Waals surface area contributed by atoms with E-state index in [9.17, 15) is 9.59 Å². The summed E-state index contributed by atoms with van der Waals surface area (Å²) in [6, 6.07) is 12.7. The predicted octanol–water partition coefficient (Wildman–Crippen LogP) is 2.62. The first-order valence-electron chi connectivity index (χ1n) is 9.21. The summed E-state index contributed by atoms with van der Waals surface area (Å²) >= 11 is 0. The highest BCUT2D eigenvalue weighted by molar-refractivity contribution is 6.03. The third kappa shape index (κ3) is 3.64. The average Bonchev–Trinajstić information content (AvgIpc) is 3.18. The summed E-state index contributed by atoms with van der Waals surface area (Å²) < 4.78 is 0. The lowest BCUT2D eigenvalue weighted by Gasteiger charge is -2.34. The van der Waals surface area contributed by atoms with Crippen LogP contribution in [-0.4, -0.2) is 38.2 Å². The van der Waals surface area contributed by atoms with Crippen LogP contribution in [-0.2, 0) is 16.0 Å². The van der Waals surface area contributed by atoms with Crippen molar-refractivity contribution in [3.05, 3.63) is 77.6 Å². The van der Waals surface area contributed by atoms with Crippen LogP contribution in [0.2, 0.25) is 0 Å². The Labute approximate surface area is 162 Å². The lowest BCUT2D eigenvalue weighted by Crippen LogP contribution is -2.42. The second kappa shape index (κ2) is 7.64. The van der Waals surface area contributed by atoms with E-state index in [0.717, 1.165) is 22.6 Å². The fourth-order valence-corrected chi connectivity index (χ4v) is 3.46. The third-order valence-electron chi connectivity index (χ3n) is 4.86. The highest BCUT2D eigenvalue weighted by Crippen LogP contribution is 2.32. The van der Waals surface area contributed by atoms with Crippen LogP contribution in [0.25, 0.3) is 0 Å². The SMILES string of the molecule is Cc1ccc(NC(=O)CC(=O)N2CCc3[nH]cnc3[C@@H]2c2ccccn2)cc1. The van der Waals surface area contributed by atoms with E-state index in [2.05, 4.69) is 20.3 Å². The van der Waals surface area contributed by atoms with Crippen LogP contribution in [0.1, 0.15) is 35.1 Å². The first-order valence-corrected chi connectivity index (χ1v) is 9.21. The fourth-order valence-electron chi connectivity index (χ4n) is 3.46. The predicted molar refractivity (Wildman–Crippen MR) is 105 cm³/mol. The van der Waals surface area contributed by atoms with Gasteiger partial charge < -0.3 is 15.2 Å². The number of fused-ring (bicyclic) bond motifs is 1. The van der Waals surface area contributed by atoms with Gasteiger partial charge in [-0.3, -0.25) is 14.6 Å². The van der Waals surface area contributed by atoms with Crippen molar-refractivity contribution >= 4 is 17.5 Å². The smallest absolute Gasteiger partial charge is 0.233 e. The van der Waals surface area contributed by atoms with Crippen molar-refractivity contribution in [2.75, 3.05) is 11.9 Å². The molecule has 2 N–H and O–H groups in total. The van der Waals surface area contributed by atoms with Crippen molar-refractivity contribution in [1.82, 2.24) is 19.9 Å². The topological polar surface area (TPSA) is 91.0 Å². The van der Waals surface area contributed by atoms with Crippen molar-refractivity contribution in [1.29, 1.82) is 0 Å². The molecule has 0 fully saturated rings. The van der Waals surface area contributed by atoms with Crippen molar-refractivity contribution in [3.63, 3.8) is 0 Å². The van der Waals surface area contributed by atoms with Crippen LogP contribution >= 0.6 is 0 Å². The van der Waals surface area contributed by atoms with E-state index in [1.165, 1.54) is 0 Å². The number of H-pyrrole nitrogens is 1. The minimum atomic E-state index is -0.393. The number of amides is 2. The number of nitrogens with one attached hydrogen (secondary N) is 2. The molecule has 0 aliphatic carbocycles. The summed E-state index contributed by atoms with van der Waals surface area (Å²) in [6.07, 6.45) is 3.78. The van der Waals surface area contributed by atoms with Crippen molar-refractivity contribution in [2.24, 2.45) is 0 Å². The number of hydrogen-bond acceptors (Lipinski definition) is 4. The molecule has 1 aliphatic rings. The molecule has 1 aliphatic heterocycles. The molecule has 7 nitrogen and oxygen atoms in total. The lowest BCUT2D eigenvalue weighted by molar-refractivity contribution is -0.136. The summed E-state index contributed by atoms with van der Waals surface area (Å²) in [7, 11) is 0. The molecule has 0 saturated heterocycles. The molecule has 0 saturated carbocycles. The molecule has 0 radical (unpaired) electrons. The van der Waals surface area contributed by atoms with Gasteiger partial charge in [-0.1, -0.05) is 23.8 Å². The van der Waals surface area contributed by atoms with Crippen LogP contribution in [0.15, 0.2) is 55.0 Å². The van der Waals surface area contributed by atoms with Gasteiger partial charge in [0.25, 0.3) is 0 Å². The Bertz CT molecular complexity index is 982. The number of benzene rings is 1. The Balaban J connectivity index is 1.52. The number of rotatable bonds is 4. The van der Waals surface area contributed by atoms with E-state index in [-0.39, 0.29) is 18.2 Å². The maximum absolute atomic E-state index is 13.0. The number of carbonyl (C=O) groups excluding carboxylic acids is 2. The zero-order valence-corrected chi connectivity index (χ0v) is 15.6. The molecule has 3 heterocycles. The van der Waals surface area contributed by atoms with Gasteiger partial charge in [0.05, 0.1) is 17.7 Å². The first kappa shape index (κ1) is 17.9. The number of hydrogen-bond donors (Lipinski definition) is 2. The number of imidazole rings is 1. The summed E-state index contributed by atoms with van der Waals surface area (Å²) in [4.78, 5) is 39.0. The van der Waals surface area contributed by atoms with Gasteiger partial charge in [-0.2, -0.15) is 0 Å². The van der Waals surface area contributed by atoms with Crippen LogP contribution in [0, 0.1) is 6.92 Å². The van der Waals surface area contributed by atoms with Gasteiger partial charge in [0.2, 0.25) is 11.8 Å². The number of anilines is 1. The maximum atomic E-state index is 13.0. The van der Waals surface area contributed by atoms with E-state index in [1.807, 2.05) is 49.4 Å².